The van der Waals surface area contributed by atoms with Crippen LogP contribution in [0.15, 0.2) is 23.2 Å². The van der Waals surface area contributed by atoms with Gasteiger partial charge in [0.25, 0.3) is 0 Å². The molecule has 0 atom stereocenters. The van der Waals surface area contributed by atoms with Crippen LogP contribution in [0, 0.1) is 12.3 Å². The molecule has 1 aliphatic rings. The summed E-state index contributed by atoms with van der Waals surface area (Å²) in [7, 11) is 0. The summed E-state index contributed by atoms with van der Waals surface area (Å²) in [5.74, 6) is 0.337. The molecule has 0 aromatic carbocycles. The lowest BCUT2D eigenvalue weighted by Gasteiger charge is -2.13. The van der Waals surface area contributed by atoms with Crippen LogP contribution >= 0.6 is 0 Å². The minimum Gasteiger partial charge on any atom is -0.360 e. The van der Waals surface area contributed by atoms with Crippen molar-refractivity contribution in [3.05, 3.63) is 24.5 Å². The fraction of sp³-hybridized carbons (Fsp3) is 0.417. The molecule has 1 aromatic heterocycles. The average molecular weight is 249 g/mol. The fourth-order valence-corrected chi connectivity index (χ4v) is 1.68. The molecule has 1 fully saturated rings. The number of amides is 2. The Morgan fingerprint density at radius 1 is 1.56 bits per heavy atom. The second kappa shape index (κ2) is 4.64. The molecule has 1 aromatic rings. The monoisotopic (exact) mass is 249 g/mol. The number of nitrogens with one attached hydrogen (secondary N) is 2. The normalized spacial score (nSPS) is 15.8. The van der Waals surface area contributed by atoms with Crippen molar-refractivity contribution in [2.45, 2.75) is 19.8 Å². The number of hydrogen-bond acceptors (Lipinski definition) is 4. The predicted octanol–water partition coefficient (Wildman–Crippen LogP) is 1.00. The van der Waals surface area contributed by atoms with Crippen LogP contribution in [-0.2, 0) is 9.59 Å². The summed E-state index contributed by atoms with van der Waals surface area (Å²) in [5, 5.41) is 8.90. The van der Waals surface area contributed by atoms with Gasteiger partial charge in [-0.1, -0.05) is 11.2 Å². The van der Waals surface area contributed by atoms with E-state index in [1.807, 2.05) is 0 Å². The highest BCUT2D eigenvalue weighted by atomic mass is 16.5. The Morgan fingerprint density at radius 3 is 2.78 bits per heavy atom. The van der Waals surface area contributed by atoms with Gasteiger partial charge in [-0.15, -0.1) is 6.58 Å². The topological polar surface area (TPSA) is 84.2 Å². The molecule has 2 rings (SSSR count). The van der Waals surface area contributed by atoms with Gasteiger partial charge in [0.2, 0.25) is 11.8 Å². The van der Waals surface area contributed by atoms with E-state index in [0.717, 1.165) is 0 Å². The van der Waals surface area contributed by atoms with E-state index in [2.05, 4.69) is 22.4 Å². The summed E-state index contributed by atoms with van der Waals surface area (Å²) in [5.41, 5.74) is -0.949. The van der Waals surface area contributed by atoms with Crippen LogP contribution in [-0.4, -0.2) is 23.5 Å². The van der Waals surface area contributed by atoms with Crippen LogP contribution in [0.4, 0.5) is 5.82 Å². The third-order valence-electron chi connectivity index (χ3n) is 2.90. The minimum atomic E-state index is -0.949. The van der Waals surface area contributed by atoms with Crippen molar-refractivity contribution in [1.82, 2.24) is 10.5 Å². The molecule has 96 valence electrons. The molecule has 0 radical (unpaired) electrons. The van der Waals surface area contributed by atoms with Gasteiger partial charge in [-0.2, -0.15) is 0 Å². The molecule has 18 heavy (non-hydrogen) atoms. The first-order valence-corrected chi connectivity index (χ1v) is 5.72. The standard InChI is InChI=1S/C12H15N3O3/c1-3-6-13-10(16)12(4-5-12)11(17)14-9-7-8(2)18-15-9/h3,7H,1,4-6H2,2H3,(H,13,16)(H,14,15,17). The molecule has 0 spiro atoms. The lowest BCUT2D eigenvalue weighted by atomic mass is 10.1. The number of aromatic nitrogens is 1. The molecule has 0 bridgehead atoms. The summed E-state index contributed by atoms with van der Waals surface area (Å²) < 4.78 is 4.85. The fourth-order valence-electron chi connectivity index (χ4n) is 1.68. The van der Waals surface area contributed by atoms with Crippen molar-refractivity contribution < 1.29 is 14.1 Å². The van der Waals surface area contributed by atoms with E-state index in [-0.39, 0.29) is 11.8 Å². The number of nitrogens with zero attached hydrogens (tertiary/aromatic N) is 1. The molecule has 1 saturated carbocycles. The van der Waals surface area contributed by atoms with Gasteiger partial charge < -0.3 is 15.2 Å². The summed E-state index contributed by atoms with van der Waals surface area (Å²) in [6, 6.07) is 1.61. The Morgan fingerprint density at radius 2 is 2.28 bits per heavy atom. The maximum absolute atomic E-state index is 12.0. The Bertz CT molecular complexity index is 489. The van der Waals surface area contributed by atoms with E-state index in [4.69, 9.17) is 4.52 Å². The number of aryl methyl sites for hydroxylation is 1. The lowest BCUT2D eigenvalue weighted by molar-refractivity contribution is -0.134. The number of carbonyl (C=O) groups is 2. The molecule has 6 heteroatoms. The van der Waals surface area contributed by atoms with Gasteiger partial charge in [0.15, 0.2) is 5.82 Å². The Labute approximate surface area is 104 Å². The van der Waals surface area contributed by atoms with Crippen LogP contribution in [0.25, 0.3) is 0 Å². The summed E-state index contributed by atoms with van der Waals surface area (Å²) in [6.45, 7) is 5.60. The molecule has 0 unspecified atom stereocenters. The van der Waals surface area contributed by atoms with Crippen molar-refractivity contribution in [1.29, 1.82) is 0 Å². The Hall–Kier alpha value is -2.11. The third kappa shape index (κ3) is 2.27. The summed E-state index contributed by atoms with van der Waals surface area (Å²) >= 11 is 0. The minimum absolute atomic E-state index is 0.264. The van der Waals surface area contributed by atoms with Crippen molar-refractivity contribution in [2.75, 3.05) is 11.9 Å². The molecule has 1 aliphatic carbocycles. The number of carbonyl (C=O) groups excluding carboxylic acids is 2. The first-order valence-electron chi connectivity index (χ1n) is 5.72. The van der Waals surface area contributed by atoms with Crippen molar-refractivity contribution in [3.8, 4) is 0 Å². The second-order valence-corrected chi connectivity index (χ2v) is 4.36. The van der Waals surface area contributed by atoms with Crippen LogP contribution in [0.5, 0.6) is 0 Å². The van der Waals surface area contributed by atoms with Gasteiger partial charge in [-0.25, -0.2) is 0 Å². The maximum Gasteiger partial charge on any atom is 0.241 e. The Kier molecular flexibility index (Phi) is 3.18. The summed E-state index contributed by atoms with van der Waals surface area (Å²) in [6.07, 6.45) is 2.68. The molecule has 0 aliphatic heterocycles. The lowest BCUT2D eigenvalue weighted by Crippen LogP contribution is -2.40. The van der Waals surface area contributed by atoms with Crippen LogP contribution < -0.4 is 10.6 Å². The zero-order chi connectivity index (χ0) is 13.2. The first kappa shape index (κ1) is 12.3. The third-order valence-corrected chi connectivity index (χ3v) is 2.90. The van der Waals surface area contributed by atoms with Crippen molar-refractivity contribution >= 4 is 17.6 Å². The second-order valence-electron chi connectivity index (χ2n) is 4.36. The van der Waals surface area contributed by atoms with Crippen LogP contribution in [0.1, 0.15) is 18.6 Å². The van der Waals surface area contributed by atoms with E-state index >= 15 is 0 Å². The highest BCUT2D eigenvalue weighted by Crippen LogP contribution is 2.46. The number of rotatable bonds is 5. The molecule has 6 nitrogen and oxygen atoms in total. The molecule has 1 heterocycles. The van der Waals surface area contributed by atoms with Crippen LogP contribution in [0.2, 0.25) is 0 Å². The van der Waals surface area contributed by atoms with E-state index in [1.165, 1.54) is 0 Å². The maximum atomic E-state index is 12.0. The van der Waals surface area contributed by atoms with Gasteiger partial charge >= 0.3 is 0 Å². The SMILES string of the molecule is C=CCNC(=O)C1(C(=O)Nc2cc(C)on2)CC1. The molecular formula is C12H15N3O3. The predicted molar refractivity (Wildman–Crippen MR) is 64.7 cm³/mol. The highest BCUT2D eigenvalue weighted by Gasteiger charge is 2.56. The smallest absolute Gasteiger partial charge is 0.241 e. The number of anilines is 1. The molecule has 2 N–H and O–H groups in total. The van der Waals surface area contributed by atoms with Crippen molar-refractivity contribution in [3.63, 3.8) is 0 Å². The van der Waals surface area contributed by atoms with E-state index in [0.29, 0.717) is 31.0 Å². The largest absolute Gasteiger partial charge is 0.360 e. The summed E-state index contributed by atoms with van der Waals surface area (Å²) in [4.78, 5) is 23.9. The average Bonchev–Trinajstić information content (AvgIpc) is 3.06. The van der Waals surface area contributed by atoms with Gasteiger partial charge in [-0.05, 0) is 19.8 Å². The molecule has 0 saturated heterocycles. The first-order chi connectivity index (χ1) is 8.58. The zero-order valence-corrected chi connectivity index (χ0v) is 10.2. The van der Waals surface area contributed by atoms with E-state index in [9.17, 15) is 9.59 Å². The van der Waals surface area contributed by atoms with E-state index in [1.54, 1.807) is 19.1 Å². The van der Waals surface area contributed by atoms with Gasteiger partial charge in [-0.3, -0.25) is 9.59 Å². The highest BCUT2D eigenvalue weighted by molar-refractivity contribution is 6.12. The van der Waals surface area contributed by atoms with Crippen molar-refractivity contribution in [2.24, 2.45) is 5.41 Å². The Balaban J connectivity index is 2.00. The molecule has 2 amide bonds. The van der Waals surface area contributed by atoms with Gasteiger partial charge in [0.1, 0.15) is 11.2 Å². The molecular weight excluding hydrogens is 234 g/mol. The zero-order valence-electron chi connectivity index (χ0n) is 10.2. The van der Waals surface area contributed by atoms with Gasteiger partial charge in [0.05, 0.1) is 0 Å². The quantitative estimate of drug-likeness (QED) is 0.602. The number of hydrogen-bond donors (Lipinski definition) is 2. The van der Waals surface area contributed by atoms with Gasteiger partial charge in [0, 0.05) is 12.6 Å². The van der Waals surface area contributed by atoms with E-state index < -0.39 is 5.41 Å². The van der Waals surface area contributed by atoms with Crippen LogP contribution in [0.3, 0.4) is 0 Å².